The van der Waals surface area contributed by atoms with Crippen molar-refractivity contribution in [2.45, 2.75) is 6.54 Å². The monoisotopic (exact) mass is 204 g/mol. The third-order valence-corrected chi connectivity index (χ3v) is 1.56. The van der Waals surface area contributed by atoms with Crippen molar-refractivity contribution in [3.05, 3.63) is 24.0 Å². The summed E-state index contributed by atoms with van der Waals surface area (Å²) in [5.41, 5.74) is 5.90. The quantitative estimate of drug-likeness (QED) is 0.736. The van der Waals surface area contributed by atoms with Crippen LogP contribution in [0.3, 0.4) is 0 Å². The van der Waals surface area contributed by atoms with Crippen LogP contribution in [0.1, 0.15) is 10.4 Å². The number of esters is 1. The lowest BCUT2D eigenvalue weighted by molar-refractivity contribution is 0.0600. The molecule has 0 aliphatic heterocycles. The maximum absolute atomic E-state index is 11.0. The van der Waals surface area contributed by atoms with E-state index in [2.05, 4.69) is 4.74 Å². The van der Waals surface area contributed by atoms with Gasteiger partial charge in [0.2, 0.25) is 0 Å². The van der Waals surface area contributed by atoms with Gasteiger partial charge in [0.15, 0.2) is 0 Å². The maximum Gasteiger partial charge on any atom is 0.339 e. The standard InChI is InChI=1S/C8H12N2O2.ClH/c1-12-8(11)7-2-4-10(6-7)5-3-9;/h2,4,6H,3,5,9H2,1H3;1H. The number of nitrogens with zero attached hydrogens (tertiary/aromatic N) is 1. The Hall–Kier alpha value is -1.00. The highest BCUT2D eigenvalue weighted by molar-refractivity contribution is 5.89. The molecule has 0 unspecified atom stereocenters. The van der Waals surface area contributed by atoms with Crippen molar-refractivity contribution in [1.29, 1.82) is 0 Å². The molecule has 74 valence electrons. The molecule has 0 aliphatic rings. The third kappa shape index (κ3) is 3.08. The van der Waals surface area contributed by atoms with Gasteiger partial charge in [-0.2, -0.15) is 0 Å². The van der Waals surface area contributed by atoms with Crippen molar-refractivity contribution in [2.24, 2.45) is 5.73 Å². The minimum absolute atomic E-state index is 0. The fraction of sp³-hybridized carbons (Fsp3) is 0.375. The molecule has 0 radical (unpaired) electrons. The second-order valence-corrected chi connectivity index (χ2v) is 2.42. The van der Waals surface area contributed by atoms with Crippen molar-refractivity contribution in [3.8, 4) is 0 Å². The molecule has 2 N–H and O–H groups in total. The van der Waals surface area contributed by atoms with Crippen molar-refractivity contribution in [2.75, 3.05) is 13.7 Å². The molecule has 5 heteroatoms. The summed E-state index contributed by atoms with van der Waals surface area (Å²) >= 11 is 0. The summed E-state index contributed by atoms with van der Waals surface area (Å²) in [7, 11) is 1.36. The molecule has 1 rings (SSSR count). The van der Waals surface area contributed by atoms with E-state index >= 15 is 0 Å². The number of carbonyl (C=O) groups is 1. The van der Waals surface area contributed by atoms with Crippen LogP contribution in [0, 0.1) is 0 Å². The number of halogens is 1. The summed E-state index contributed by atoms with van der Waals surface area (Å²) in [5.74, 6) is -0.314. The highest BCUT2D eigenvalue weighted by atomic mass is 35.5. The lowest BCUT2D eigenvalue weighted by atomic mass is 10.3. The Kier molecular flexibility index (Phi) is 5.18. The van der Waals surface area contributed by atoms with Crippen LogP contribution in [-0.4, -0.2) is 24.2 Å². The molecule has 0 spiro atoms. The smallest absolute Gasteiger partial charge is 0.339 e. The van der Waals surface area contributed by atoms with Crippen molar-refractivity contribution in [1.82, 2.24) is 4.57 Å². The van der Waals surface area contributed by atoms with Gasteiger partial charge in [0.25, 0.3) is 0 Å². The molecule has 0 fully saturated rings. The van der Waals surface area contributed by atoms with E-state index in [4.69, 9.17) is 5.73 Å². The molecular formula is C8H13ClN2O2. The Morgan fingerprint density at radius 3 is 2.92 bits per heavy atom. The van der Waals surface area contributed by atoms with E-state index in [1.165, 1.54) is 7.11 Å². The molecule has 0 saturated carbocycles. The van der Waals surface area contributed by atoms with E-state index in [-0.39, 0.29) is 18.4 Å². The van der Waals surface area contributed by atoms with Gasteiger partial charge in [-0.1, -0.05) is 0 Å². The number of ether oxygens (including phenoxy) is 1. The number of methoxy groups -OCH3 is 1. The van der Waals surface area contributed by atoms with Gasteiger partial charge in [0.05, 0.1) is 12.7 Å². The molecule has 1 aromatic rings. The Morgan fingerprint density at radius 2 is 2.38 bits per heavy atom. The van der Waals surface area contributed by atoms with E-state index in [0.717, 1.165) is 6.54 Å². The highest BCUT2D eigenvalue weighted by Gasteiger charge is 2.05. The van der Waals surface area contributed by atoms with Gasteiger partial charge in [-0.3, -0.25) is 0 Å². The molecule has 0 aromatic carbocycles. The number of carbonyl (C=O) groups excluding carboxylic acids is 1. The van der Waals surface area contributed by atoms with Crippen molar-refractivity contribution in [3.63, 3.8) is 0 Å². The van der Waals surface area contributed by atoms with Crippen LogP contribution in [0.25, 0.3) is 0 Å². The zero-order chi connectivity index (χ0) is 8.97. The molecule has 0 saturated heterocycles. The lowest BCUT2D eigenvalue weighted by Crippen LogP contribution is -2.08. The number of hydrogen-bond acceptors (Lipinski definition) is 3. The first-order chi connectivity index (χ1) is 5.77. The zero-order valence-corrected chi connectivity index (χ0v) is 8.21. The molecule has 0 bridgehead atoms. The second-order valence-electron chi connectivity index (χ2n) is 2.42. The molecule has 1 heterocycles. The number of rotatable bonds is 3. The van der Waals surface area contributed by atoms with Crippen LogP contribution < -0.4 is 5.73 Å². The van der Waals surface area contributed by atoms with Crippen LogP contribution in [0.15, 0.2) is 18.5 Å². The summed E-state index contributed by atoms with van der Waals surface area (Å²) in [6, 6.07) is 1.71. The first-order valence-corrected chi connectivity index (χ1v) is 3.72. The van der Waals surface area contributed by atoms with E-state index in [1.54, 1.807) is 18.5 Å². The van der Waals surface area contributed by atoms with E-state index in [1.807, 2.05) is 4.57 Å². The Balaban J connectivity index is 0.00000144. The highest BCUT2D eigenvalue weighted by Crippen LogP contribution is 2.02. The van der Waals surface area contributed by atoms with Gasteiger partial charge < -0.3 is 15.0 Å². The summed E-state index contributed by atoms with van der Waals surface area (Å²) in [4.78, 5) is 11.0. The van der Waals surface area contributed by atoms with Gasteiger partial charge in [-0.25, -0.2) is 4.79 Å². The predicted molar refractivity (Wildman–Crippen MR) is 52.1 cm³/mol. The van der Waals surface area contributed by atoms with Gasteiger partial charge >= 0.3 is 5.97 Å². The first kappa shape index (κ1) is 12.0. The van der Waals surface area contributed by atoms with Gasteiger partial charge in [-0.15, -0.1) is 12.4 Å². The topological polar surface area (TPSA) is 57.2 Å². The van der Waals surface area contributed by atoms with Crippen LogP contribution in [-0.2, 0) is 11.3 Å². The summed E-state index contributed by atoms with van der Waals surface area (Å²) < 4.78 is 6.40. The zero-order valence-electron chi connectivity index (χ0n) is 7.40. The largest absolute Gasteiger partial charge is 0.465 e. The molecule has 4 nitrogen and oxygen atoms in total. The molecule has 0 atom stereocenters. The van der Waals surface area contributed by atoms with E-state index in [9.17, 15) is 4.79 Å². The SMILES string of the molecule is COC(=O)c1ccn(CCN)c1.Cl. The van der Waals surface area contributed by atoms with E-state index < -0.39 is 0 Å². The normalized spacial score (nSPS) is 9.08. The second kappa shape index (κ2) is 5.61. The third-order valence-electron chi connectivity index (χ3n) is 1.56. The molecule has 13 heavy (non-hydrogen) atoms. The van der Waals surface area contributed by atoms with Crippen molar-refractivity contribution >= 4 is 18.4 Å². The summed E-state index contributed by atoms with van der Waals surface area (Å²) in [6.45, 7) is 1.28. The Bertz CT molecular complexity index is 273. The van der Waals surface area contributed by atoms with Gasteiger partial charge in [0, 0.05) is 25.5 Å². The minimum atomic E-state index is -0.314. The van der Waals surface area contributed by atoms with Crippen LogP contribution in [0.5, 0.6) is 0 Å². The fourth-order valence-corrected chi connectivity index (χ4v) is 0.968. The summed E-state index contributed by atoms with van der Waals surface area (Å²) in [6.07, 6.45) is 3.53. The maximum atomic E-state index is 11.0. The number of aromatic nitrogens is 1. The lowest BCUT2D eigenvalue weighted by Gasteiger charge is -1.97. The number of hydrogen-bond donors (Lipinski definition) is 1. The molecule has 0 aliphatic carbocycles. The predicted octanol–water partition coefficient (Wildman–Crippen LogP) is 0.655. The molecular weight excluding hydrogens is 192 g/mol. The minimum Gasteiger partial charge on any atom is -0.465 e. The molecule has 0 amide bonds. The van der Waals surface area contributed by atoms with E-state index in [0.29, 0.717) is 12.1 Å². The fourth-order valence-electron chi connectivity index (χ4n) is 0.968. The summed E-state index contributed by atoms with van der Waals surface area (Å²) in [5, 5.41) is 0. The molecule has 1 aromatic heterocycles. The number of nitrogens with two attached hydrogens (primary N) is 1. The van der Waals surface area contributed by atoms with Gasteiger partial charge in [-0.05, 0) is 6.07 Å². The van der Waals surface area contributed by atoms with Gasteiger partial charge in [0.1, 0.15) is 0 Å². The van der Waals surface area contributed by atoms with Crippen LogP contribution >= 0.6 is 12.4 Å². The average Bonchev–Trinajstić information content (AvgIpc) is 2.52. The Labute approximate surface area is 83.1 Å². The average molecular weight is 205 g/mol. The Morgan fingerprint density at radius 1 is 1.69 bits per heavy atom. The van der Waals surface area contributed by atoms with Crippen LogP contribution in [0.4, 0.5) is 0 Å². The van der Waals surface area contributed by atoms with Crippen LogP contribution in [0.2, 0.25) is 0 Å². The van der Waals surface area contributed by atoms with Crippen molar-refractivity contribution < 1.29 is 9.53 Å². The first-order valence-electron chi connectivity index (χ1n) is 3.72.